The van der Waals surface area contributed by atoms with Crippen molar-refractivity contribution in [1.82, 2.24) is 14.8 Å². The summed E-state index contributed by atoms with van der Waals surface area (Å²) in [7, 11) is 0. The van der Waals surface area contributed by atoms with Gasteiger partial charge < -0.3 is 10.4 Å². The first-order valence-electron chi connectivity index (χ1n) is 8.27. The molecule has 130 valence electrons. The van der Waals surface area contributed by atoms with Crippen molar-refractivity contribution >= 4 is 22.4 Å². The van der Waals surface area contributed by atoms with Crippen LogP contribution in [0.5, 0.6) is 0 Å². The van der Waals surface area contributed by atoms with Gasteiger partial charge in [0.15, 0.2) is 5.13 Å². The van der Waals surface area contributed by atoms with E-state index in [1.807, 2.05) is 20.8 Å². The van der Waals surface area contributed by atoms with Crippen LogP contribution >= 0.6 is 11.3 Å². The summed E-state index contributed by atoms with van der Waals surface area (Å²) in [5.41, 5.74) is 0.975. The van der Waals surface area contributed by atoms with E-state index in [0.29, 0.717) is 24.3 Å². The topological polar surface area (TPSA) is 68.7 Å². The zero-order valence-electron chi connectivity index (χ0n) is 14.5. The van der Waals surface area contributed by atoms with Gasteiger partial charge >= 0.3 is 0 Å². The minimum atomic E-state index is -0.310. The molecule has 1 aromatic heterocycles. The van der Waals surface area contributed by atoms with Gasteiger partial charge in [-0.3, -0.25) is 14.6 Å². The molecule has 1 saturated heterocycles. The highest BCUT2D eigenvalue weighted by molar-refractivity contribution is 7.15. The van der Waals surface area contributed by atoms with Crippen LogP contribution in [0.3, 0.4) is 0 Å². The second-order valence-corrected chi connectivity index (χ2v) is 7.55. The average Bonchev–Trinajstić information content (AvgIpc) is 2.78. The van der Waals surface area contributed by atoms with Crippen LogP contribution in [0.2, 0.25) is 0 Å². The molecular formula is C16H28N4O2S. The number of carbonyl (C=O) groups is 1. The maximum absolute atomic E-state index is 12.2. The fourth-order valence-corrected chi connectivity index (χ4v) is 3.79. The number of carbonyl (C=O) groups excluding carboxylic acids is 1. The SMILES string of the molecule is CC[C@H]1CN(CC(=O)Nc2nc(C)c(C)s2)CCN1C[C@H](C)O. The van der Waals surface area contributed by atoms with Gasteiger partial charge in [-0.15, -0.1) is 11.3 Å². The van der Waals surface area contributed by atoms with Gasteiger partial charge in [0.05, 0.1) is 18.3 Å². The van der Waals surface area contributed by atoms with E-state index in [9.17, 15) is 9.90 Å². The molecule has 0 aromatic carbocycles. The number of thiazole rings is 1. The van der Waals surface area contributed by atoms with Crippen LogP contribution in [0.25, 0.3) is 0 Å². The Morgan fingerprint density at radius 2 is 2.22 bits per heavy atom. The Morgan fingerprint density at radius 3 is 2.78 bits per heavy atom. The number of anilines is 1. The molecule has 1 aromatic rings. The first-order chi connectivity index (χ1) is 10.9. The molecule has 2 heterocycles. The fourth-order valence-electron chi connectivity index (χ4n) is 2.96. The summed E-state index contributed by atoms with van der Waals surface area (Å²) in [5, 5.41) is 13.2. The number of hydrogen-bond acceptors (Lipinski definition) is 6. The van der Waals surface area contributed by atoms with E-state index in [1.165, 1.54) is 11.3 Å². The van der Waals surface area contributed by atoms with Crippen molar-refractivity contribution in [3.05, 3.63) is 10.6 Å². The summed E-state index contributed by atoms with van der Waals surface area (Å²) in [6, 6.07) is 0.399. The Balaban J connectivity index is 1.84. The van der Waals surface area contributed by atoms with Crippen molar-refractivity contribution in [2.75, 3.05) is 38.0 Å². The summed E-state index contributed by atoms with van der Waals surface area (Å²) in [6.45, 7) is 11.7. The third-order valence-electron chi connectivity index (χ3n) is 4.30. The molecule has 2 atom stereocenters. The second kappa shape index (κ2) is 8.19. The lowest BCUT2D eigenvalue weighted by atomic mass is 10.1. The molecule has 2 rings (SSSR count). The molecule has 0 radical (unpaired) electrons. The van der Waals surface area contributed by atoms with Gasteiger partial charge in [-0.1, -0.05) is 6.92 Å². The zero-order valence-corrected chi connectivity index (χ0v) is 15.3. The van der Waals surface area contributed by atoms with Crippen LogP contribution in [-0.4, -0.2) is 70.7 Å². The van der Waals surface area contributed by atoms with E-state index in [-0.39, 0.29) is 12.0 Å². The molecule has 0 spiro atoms. The molecule has 1 amide bonds. The predicted octanol–water partition coefficient (Wildman–Crippen LogP) is 1.48. The Kier molecular flexibility index (Phi) is 6.52. The number of hydrogen-bond donors (Lipinski definition) is 2. The number of aromatic nitrogens is 1. The van der Waals surface area contributed by atoms with E-state index < -0.39 is 0 Å². The lowest BCUT2D eigenvalue weighted by molar-refractivity contribution is -0.118. The van der Waals surface area contributed by atoms with Gasteiger partial charge in [0.1, 0.15) is 0 Å². The summed E-state index contributed by atoms with van der Waals surface area (Å²) < 4.78 is 0. The van der Waals surface area contributed by atoms with E-state index >= 15 is 0 Å². The number of piperazine rings is 1. The first-order valence-corrected chi connectivity index (χ1v) is 9.09. The summed E-state index contributed by atoms with van der Waals surface area (Å²) in [4.78, 5) is 22.2. The number of aliphatic hydroxyl groups is 1. The molecule has 2 N–H and O–H groups in total. The number of β-amino-alcohol motifs (C(OH)–C–C–N with tert-alkyl or cyclic N) is 1. The fraction of sp³-hybridized carbons (Fsp3) is 0.750. The third-order valence-corrected chi connectivity index (χ3v) is 5.29. The normalized spacial score (nSPS) is 21.3. The van der Waals surface area contributed by atoms with E-state index in [1.54, 1.807) is 0 Å². The average molecular weight is 340 g/mol. The maximum atomic E-state index is 12.2. The molecule has 6 nitrogen and oxygen atoms in total. The van der Waals surface area contributed by atoms with E-state index in [4.69, 9.17) is 0 Å². The molecule has 0 saturated carbocycles. The lowest BCUT2D eigenvalue weighted by Crippen LogP contribution is -2.55. The van der Waals surface area contributed by atoms with Crippen molar-refractivity contribution < 1.29 is 9.90 Å². The summed E-state index contributed by atoms with van der Waals surface area (Å²) >= 11 is 1.52. The van der Waals surface area contributed by atoms with Crippen LogP contribution in [0.15, 0.2) is 0 Å². The van der Waals surface area contributed by atoms with Crippen LogP contribution in [0.4, 0.5) is 5.13 Å². The highest BCUT2D eigenvalue weighted by Gasteiger charge is 2.27. The zero-order chi connectivity index (χ0) is 17.0. The minimum absolute atomic E-state index is 0.00224. The molecule has 1 fully saturated rings. The van der Waals surface area contributed by atoms with Crippen LogP contribution < -0.4 is 5.32 Å². The van der Waals surface area contributed by atoms with Crippen LogP contribution in [0.1, 0.15) is 30.8 Å². The molecule has 0 unspecified atom stereocenters. The summed E-state index contributed by atoms with van der Waals surface area (Å²) in [6.07, 6.45) is 0.714. The minimum Gasteiger partial charge on any atom is -0.392 e. The molecule has 1 aliphatic rings. The summed E-state index contributed by atoms with van der Waals surface area (Å²) in [5.74, 6) is -0.00224. The number of nitrogens with one attached hydrogen (secondary N) is 1. The van der Waals surface area contributed by atoms with E-state index in [2.05, 4.69) is 27.0 Å². The monoisotopic (exact) mass is 340 g/mol. The Labute approximate surface area is 142 Å². The quantitative estimate of drug-likeness (QED) is 0.821. The number of amides is 1. The molecule has 23 heavy (non-hydrogen) atoms. The predicted molar refractivity (Wildman–Crippen MR) is 94.0 cm³/mol. The molecule has 0 bridgehead atoms. The lowest BCUT2D eigenvalue weighted by Gasteiger charge is -2.41. The third kappa shape index (κ3) is 5.24. The maximum Gasteiger partial charge on any atom is 0.240 e. The molecule has 1 aliphatic heterocycles. The Hall–Kier alpha value is -1.02. The molecule has 0 aliphatic carbocycles. The smallest absolute Gasteiger partial charge is 0.240 e. The van der Waals surface area contributed by atoms with Gasteiger partial charge in [0, 0.05) is 37.1 Å². The van der Waals surface area contributed by atoms with Crippen molar-refractivity contribution in [2.24, 2.45) is 0 Å². The second-order valence-electron chi connectivity index (χ2n) is 6.35. The Bertz CT molecular complexity index is 513. The van der Waals surface area contributed by atoms with Crippen molar-refractivity contribution in [3.8, 4) is 0 Å². The van der Waals surface area contributed by atoms with Gasteiger partial charge in [-0.2, -0.15) is 0 Å². The van der Waals surface area contributed by atoms with Crippen molar-refractivity contribution in [1.29, 1.82) is 0 Å². The number of nitrogens with zero attached hydrogens (tertiary/aromatic N) is 3. The van der Waals surface area contributed by atoms with Crippen LogP contribution in [0, 0.1) is 13.8 Å². The highest BCUT2D eigenvalue weighted by Crippen LogP contribution is 2.21. The number of aryl methyl sites for hydroxylation is 2. The van der Waals surface area contributed by atoms with Gasteiger partial charge in [-0.25, -0.2) is 4.98 Å². The first kappa shape index (κ1) is 18.3. The Morgan fingerprint density at radius 1 is 1.48 bits per heavy atom. The standard InChI is InChI=1S/C16H28N4O2S/c1-5-14-9-19(6-7-20(14)8-11(2)21)10-15(22)18-16-17-12(3)13(4)23-16/h11,14,21H,5-10H2,1-4H3,(H,17,18,22)/t11-,14-/m0/s1. The van der Waals surface area contributed by atoms with Crippen molar-refractivity contribution in [3.63, 3.8) is 0 Å². The molecule has 7 heteroatoms. The largest absolute Gasteiger partial charge is 0.392 e. The highest BCUT2D eigenvalue weighted by atomic mass is 32.1. The van der Waals surface area contributed by atoms with Gasteiger partial charge in [0.2, 0.25) is 5.91 Å². The molecular weight excluding hydrogens is 312 g/mol. The number of aliphatic hydroxyl groups excluding tert-OH is 1. The number of rotatable bonds is 6. The van der Waals surface area contributed by atoms with Crippen LogP contribution in [-0.2, 0) is 4.79 Å². The van der Waals surface area contributed by atoms with Gasteiger partial charge in [-0.05, 0) is 27.2 Å². The van der Waals surface area contributed by atoms with E-state index in [0.717, 1.165) is 36.6 Å². The van der Waals surface area contributed by atoms with Crippen molar-refractivity contribution in [2.45, 2.75) is 46.3 Å². The van der Waals surface area contributed by atoms with Gasteiger partial charge in [0.25, 0.3) is 0 Å².